The number of hydrogen-bond acceptors (Lipinski definition) is 2. The maximum atomic E-state index is 6.23. The minimum atomic E-state index is -0.0862. The van der Waals surface area contributed by atoms with Gasteiger partial charge in [-0.25, -0.2) is 0 Å². The molecule has 0 aliphatic carbocycles. The standard InChI is InChI=1S/C15H12BrCl2NO/c16-11-5-8(1-3-12(11)18)15-7-13(19)10-6-9(17)2-4-14(10)20-15/h1-6,13,15H,7,19H2/t13-,15?/m0/s1. The van der Waals surface area contributed by atoms with Crippen molar-refractivity contribution in [1.82, 2.24) is 0 Å². The van der Waals surface area contributed by atoms with Crippen LogP contribution >= 0.6 is 39.1 Å². The van der Waals surface area contributed by atoms with E-state index >= 15 is 0 Å². The van der Waals surface area contributed by atoms with E-state index < -0.39 is 0 Å². The summed E-state index contributed by atoms with van der Waals surface area (Å²) in [6.07, 6.45) is 0.633. The predicted molar refractivity (Wildman–Crippen MR) is 85.5 cm³/mol. The third-order valence-corrected chi connectivity index (χ3v) is 4.87. The highest BCUT2D eigenvalue weighted by molar-refractivity contribution is 9.10. The van der Waals surface area contributed by atoms with Crippen LogP contribution < -0.4 is 10.5 Å². The van der Waals surface area contributed by atoms with Crippen LogP contribution in [-0.2, 0) is 0 Å². The maximum absolute atomic E-state index is 6.23. The molecule has 2 N–H and O–H groups in total. The molecule has 0 amide bonds. The van der Waals surface area contributed by atoms with Gasteiger partial charge in [-0.05, 0) is 51.8 Å². The smallest absolute Gasteiger partial charge is 0.126 e. The first-order valence-corrected chi connectivity index (χ1v) is 7.76. The number of rotatable bonds is 1. The number of ether oxygens (including phenoxy) is 1. The van der Waals surface area contributed by atoms with Crippen LogP contribution in [0.25, 0.3) is 0 Å². The monoisotopic (exact) mass is 371 g/mol. The third-order valence-electron chi connectivity index (χ3n) is 3.42. The highest BCUT2D eigenvalue weighted by Crippen LogP contribution is 2.41. The Morgan fingerprint density at radius 3 is 2.70 bits per heavy atom. The van der Waals surface area contributed by atoms with E-state index in [0.29, 0.717) is 16.5 Å². The van der Waals surface area contributed by atoms with E-state index in [0.717, 1.165) is 21.3 Å². The molecule has 2 aromatic carbocycles. The summed E-state index contributed by atoms with van der Waals surface area (Å²) >= 11 is 15.5. The fourth-order valence-corrected chi connectivity index (χ4v) is 3.09. The number of benzene rings is 2. The second-order valence-corrected chi connectivity index (χ2v) is 6.50. The normalized spacial score (nSPS) is 21.2. The van der Waals surface area contributed by atoms with E-state index in [2.05, 4.69) is 15.9 Å². The van der Waals surface area contributed by atoms with Gasteiger partial charge in [0.15, 0.2) is 0 Å². The molecule has 1 unspecified atom stereocenters. The van der Waals surface area contributed by atoms with E-state index in [-0.39, 0.29) is 12.1 Å². The van der Waals surface area contributed by atoms with Crippen LogP contribution in [0.15, 0.2) is 40.9 Å². The molecule has 0 bridgehead atoms. The lowest BCUT2D eigenvalue weighted by molar-refractivity contribution is 0.161. The van der Waals surface area contributed by atoms with Crippen molar-refractivity contribution in [2.75, 3.05) is 0 Å². The first-order valence-electron chi connectivity index (χ1n) is 6.21. The van der Waals surface area contributed by atoms with Crippen molar-refractivity contribution >= 4 is 39.1 Å². The molecule has 104 valence electrons. The molecule has 2 nitrogen and oxygen atoms in total. The highest BCUT2D eigenvalue weighted by atomic mass is 79.9. The lowest BCUT2D eigenvalue weighted by Gasteiger charge is -2.30. The van der Waals surface area contributed by atoms with E-state index in [1.807, 2.05) is 36.4 Å². The van der Waals surface area contributed by atoms with Crippen LogP contribution in [0.1, 0.15) is 29.7 Å². The summed E-state index contributed by atoms with van der Waals surface area (Å²) < 4.78 is 6.89. The minimum Gasteiger partial charge on any atom is -0.485 e. The summed E-state index contributed by atoms with van der Waals surface area (Å²) in [6, 6.07) is 11.3. The Morgan fingerprint density at radius 2 is 1.95 bits per heavy atom. The van der Waals surface area contributed by atoms with Gasteiger partial charge in [-0.15, -0.1) is 0 Å². The average Bonchev–Trinajstić information content (AvgIpc) is 2.42. The second-order valence-electron chi connectivity index (χ2n) is 4.80. The molecule has 2 atom stereocenters. The molecule has 0 fully saturated rings. The Labute approximate surface area is 136 Å². The number of fused-ring (bicyclic) bond motifs is 1. The van der Waals surface area contributed by atoms with Gasteiger partial charge in [0.2, 0.25) is 0 Å². The quantitative estimate of drug-likeness (QED) is 0.738. The molecule has 0 spiro atoms. The van der Waals surface area contributed by atoms with Gasteiger partial charge in [-0.2, -0.15) is 0 Å². The molecule has 5 heteroatoms. The fraction of sp³-hybridized carbons (Fsp3) is 0.200. The minimum absolute atomic E-state index is 0.0766. The van der Waals surface area contributed by atoms with Crippen molar-refractivity contribution in [2.45, 2.75) is 18.6 Å². The van der Waals surface area contributed by atoms with Gasteiger partial charge >= 0.3 is 0 Å². The van der Waals surface area contributed by atoms with E-state index in [1.54, 1.807) is 0 Å². The predicted octanol–water partition coefficient (Wildman–Crippen LogP) is 5.28. The zero-order valence-electron chi connectivity index (χ0n) is 10.4. The first kappa shape index (κ1) is 14.2. The van der Waals surface area contributed by atoms with E-state index in [1.165, 1.54) is 0 Å². The molecule has 20 heavy (non-hydrogen) atoms. The Kier molecular flexibility index (Phi) is 3.95. The van der Waals surface area contributed by atoms with Gasteiger partial charge < -0.3 is 10.5 Å². The molecular formula is C15H12BrCl2NO. The number of nitrogens with two attached hydrogens (primary N) is 1. The number of halogens is 3. The summed E-state index contributed by atoms with van der Waals surface area (Å²) in [5, 5.41) is 1.36. The third kappa shape index (κ3) is 2.68. The first-order chi connectivity index (χ1) is 9.54. The molecule has 0 radical (unpaired) electrons. The van der Waals surface area contributed by atoms with Crippen LogP contribution in [0.2, 0.25) is 10.0 Å². The van der Waals surface area contributed by atoms with Crippen molar-refractivity contribution in [2.24, 2.45) is 5.73 Å². The molecule has 1 aliphatic heterocycles. The van der Waals surface area contributed by atoms with Crippen molar-refractivity contribution in [3.63, 3.8) is 0 Å². The average molecular weight is 373 g/mol. The SMILES string of the molecule is N[C@H]1CC(c2ccc(Cl)c(Br)c2)Oc2ccc(Cl)cc21. The van der Waals surface area contributed by atoms with Crippen LogP contribution in [0.3, 0.4) is 0 Å². The van der Waals surface area contributed by atoms with Gasteiger partial charge in [-0.1, -0.05) is 29.3 Å². The largest absolute Gasteiger partial charge is 0.485 e. The Morgan fingerprint density at radius 1 is 1.15 bits per heavy atom. The van der Waals surface area contributed by atoms with Gasteiger partial charge in [0.25, 0.3) is 0 Å². The molecule has 1 aliphatic rings. The van der Waals surface area contributed by atoms with Crippen molar-refractivity contribution < 1.29 is 4.74 Å². The Hall–Kier alpha value is -0.740. The number of hydrogen-bond donors (Lipinski definition) is 1. The fourth-order valence-electron chi connectivity index (χ4n) is 2.39. The van der Waals surface area contributed by atoms with Gasteiger partial charge in [0.1, 0.15) is 11.9 Å². The van der Waals surface area contributed by atoms with E-state index in [9.17, 15) is 0 Å². The van der Waals surface area contributed by atoms with Crippen LogP contribution in [0, 0.1) is 0 Å². The topological polar surface area (TPSA) is 35.2 Å². The van der Waals surface area contributed by atoms with Gasteiger partial charge in [0, 0.05) is 27.5 Å². The molecule has 0 saturated heterocycles. The van der Waals surface area contributed by atoms with Gasteiger partial charge in [0.05, 0.1) is 5.02 Å². The summed E-state index contributed by atoms with van der Waals surface area (Å²) in [5.41, 5.74) is 8.25. The van der Waals surface area contributed by atoms with Gasteiger partial charge in [-0.3, -0.25) is 0 Å². The van der Waals surface area contributed by atoms with Crippen molar-refractivity contribution in [3.8, 4) is 5.75 Å². The molecule has 3 rings (SSSR count). The maximum Gasteiger partial charge on any atom is 0.126 e. The molecule has 1 heterocycles. The molecular weight excluding hydrogens is 361 g/mol. The molecule has 0 aromatic heterocycles. The second kappa shape index (κ2) is 5.57. The lowest BCUT2D eigenvalue weighted by atomic mass is 9.94. The van der Waals surface area contributed by atoms with Crippen LogP contribution in [-0.4, -0.2) is 0 Å². The van der Waals surface area contributed by atoms with E-state index in [4.69, 9.17) is 33.7 Å². The van der Waals surface area contributed by atoms with Crippen LogP contribution in [0.5, 0.6) is 5.75 Å². The molecule has 0 saturated carbocycles. The summed E-state index contributed by atoms with van der Waals surface area (Å²) in [4.78, 5) is 0. The lowest BCUT2D eigenvalue weighted by Crippen LogP contribution is -2.24. The molecule has 2 aromatic rings. The summed E-state index contributed by atoms with van der Waals surface area (Å²) in [5.74, 6) is 0.796. The Balaban J connectivity index is 1.94. The van der Waals surface area contributed by atoms with Crippen molar-refractivity contribution in [1.29, 1.82) is 0 Å². The summed E-state index contributed by atoms with van der Waals surface area (Å²) in [7, 11) is 0. The Bertz CT molecular complexity index is 662. The zero-order valence-corrected chi connectivity index (χ0v) is 13.5. The highest BCUT2D eigenvalue weighted by Gasteiger charge is 2.27. The van der Waals surface area contributed by atoms with Crippen LogP contribution in [0.4, 0.5) is 0 Å². The van der Waals surface area contributed by atoms with Crippen molar-refractivity contribution in [3.05, 3.63) is 62.0 Å². The zero-order chi connectivity index (χ0) is 14.3. The summed E-state index contributed by atoms with van der Waals surface area (Å²) in [6.45, 7) is 0.